The zero-order valence-corrected chi connectivity index (χ0v) is 24.8. The minimum Gasteiger partial charge on any atom is -0.455 e. The van der Waals surface area contributed by atoms with Crippen LogP contribution in [0.1, 0.15) is 87.4 Å². The van der Waals surface area contributed by atoms with Crippen molar-refractivity contribution in [2.45, 2.75) is 76.0 Å². The van der Waals surface area contributed by atoms with E-state index < -0.39 is 0 Å². The van der Waals surface area contributed by atoms with Crippen LogP contribution in [0.3, 0.4) is 0 Å². The minimum atomic E-state index is 0.498. The number of hydrogen-bond acceptors (Lipinski definition) is 3. The van der Waals surface area contributed by atoms with Crippen LogP contribution in [-0.2, 0) is 0 Å². The van der Waals surface area contributed by atoms with E-state index in [1.807, 2.05) is 12.1 Å². The Bertz CT molecular complexity index is 1830. The summed E-state index contributed by atoms with van der Waals surface area (Å²) in [5, 5.41) is 2.32. The Kier molecular flexibility index (Phi) is 7.03. The second kappa shape index (κ2) is 11.4. The third kappa shape index (κ3) is 4.95. The summed E-state index contributed by atoms with van der Waals surface area (Å²) >= 11 is 0. The van der Waals surface area contributed by atoms with Gasteiger partial charge in [0.15, 0.2) is 5.82 Å². The quantitative estimate of drug-likeness (QED) is 0.210. The predicted octanol–water partition coefficient (Wildman–Crippen LogP) is 11.5. The molecular formula is C40H38N2O. The maximum Gasteiger partial charge on any atom is 0.159 e. The highest BCUT2D eigenvalue weighted by Gasteiger charge is 2.29. The second-order valence-corrected chi connectivity index (χ2v) is 12.6. The summed E-state index contributed by atoms with van der Waals surface area (Å²) in [4.78, 5) is 10.9. The molecule has 214 valence electrons. The summed E-state index contributed by atoms with van der Waals surface area (Å²) in [7, 11) is 0. The van der Waals surface area contributed by atoms with E-state index in [0.717, 1.165) is 44.5 Å². The van der Waals surface area contributed by atoms with Gasteiger partial charge in [-0.3, -0.25) is 0 Å². The van der Waals surface area contributed by atoms with Crippen LogP contribution in [0.25, 0.3) is 55.6 Å². The molecule has 2 saturated carbocycles. The van der Waals surface area contributed by atoms with Crippen molar-refractivity contribution in [2.75, 3.05) is 0 Å². The highest BCUT2D eigenvalue weighted by molar-refractivity contribution is 6.09. The van der Waals surface area contributed by atoms with E-state index in [4.69, 9.17) is 14.4 Å². The van der Waals surface area contributed by atoms with Crippen LogP contribution in [0, 0.1) is 0 Å². The molecule has 0 unspecified atom stereocenters. The van der Waals surface area contributed by atoms with Crippen molar-refractivity contribution in [1.29, 1.82) is 0 Å². The Balaban J connectivity index is 1.25. The molecule has 4 aromatic carbocycles. The molecule has 0 amide bonds. The summed E-state index contributed by atoms with van der Waals surface area (Å²) in [5.74, 6) is 1.88. The summed E-state index contributed by atoms with van der Waals surface area (Å²) < 4.78 is 6.35. The SMILES string of the molecule is c1ccc(-c2c(C3CCCCC3)nc(-c3ccc(-c4cccc5c4oc4ccccc45)cc3)nc2C2CCCCC2)cc1. The van der Waals surface area contributed by atoms with E-state index in [1.165, 1.54) is 86.7 Å². The Hall–Kier alpha value is -4.24. The Morgan fingerprint density at radius 2 is 1.07 bits per heavy atom. The number of benzene rings is 4. The number of hydrogen-bond donors (Lipinski definition) is 0. The number of furan rings is 1. The molecule has 43 heavy (non-hydrogen) atoms. The molecule has 0 aliphatic heterocycles. The van der Waals surface area contributed by atoms with Crippen LogP contribution in [0.4, 0.5) is 0 Å². The first kappa shape index (κ1) is 26.4. The first-order valence-electron chi connectivity index (χ1n) is 16.3. The van der Waals surface area contributed by atoms with Crippen LogP contribution in [-0.4, -0.2) is 9.97 Å². The molecule has 0 saturated heterocycles. The molecular weight excluding hydrogens is 524 g/mol. The van der Waals surface area contributed by atoms with Gasteiger partial charge in [0, 0.05) is 39.3 Å². The molecule has 0 bridgehead atoms. The van der Waals surface area contributed by atoms with E-state index in [1.54, 1.807) is 0 Å². The maximum atomic E-state index is 6.35. The molecule has 2 heterocycles. The number of aromatic nitrogens is 2. The van der Waals surface area contributed by atoms with Gasteiger partial charge >= 0.3 is 0 Å². The normalized spacial score (nSPS) is 16.7. The van der Waals surface area contributed by atoms with Crippen LogP contribution < -0.4 is 0 Å². The summed E-state index contributed by atoms with van der Waals surface area (Å²) in [6.45, 7) is 0. The fourth-order valence-electron chi connectivity index (χ4n) is 7.64. The monoisotopic (exact) mass is 562 g/mol. The topological polar surface area (TPSA) is 38.9 Å². The van der Waals surface area contributed by atoms with Crippen LogP contribution in [0.5, 0.6) is 0 Å². The lowest BCUT2D eigenvalue weighted by atomic mass is 9.79. The minimum absolute atomic E-state index is 0.498. The number of fused-ring (bicyclic) bond motifs is 3. The van der Waals surface area contributed by atoms with Gasteiger partial charge in [-0.1, -0.05) is 130 Å². The van der Waals surface area contributed by atoms with E-state index in [-0.39, 0.29) is 0 Å². The average Bonchev–Trinajstić information content (AvgIpc) is 3.48. The lowest BCUT2D eigenvalue weighted by Gasteiger charge is -2.29. The molecule has 2 fully saturated rings. The van der Waals surface area contributed by atoms with Crippen molar-refractivity contribution >= 4 is 21.9 Å². The van der Waals surface area contributed by atoms with E-state index >= 15 is 0 Å². The molecule has 0 spiro atoms. The van der Waals surface area contributed by atoms with Crippen LogP contribution in [0.15, 0.2) is 101 Å². The molecule has 6 aromatic rings. The fourth-order valence-corrected chi connectivity index (χ4v) is 7.64. The second-order valence-electron chi connectivity index (χ2n) is 12.6. The summed E-state index contributed by atoms with van der Waals surface area (Å²) in [6, 6.07) is 34.6. The molecule has 2 aromatic heterocycles. The molecule has 2 aliphatic carbocycles. The molecule has 2 aliphatic rings. The third-order valence-electron chi connectivity index (χ3n) is 9.87. The summed E-state index contributed by atoms with van der Waals surface area (Å²) in [6.07, 6.45) is 12.7. The van der Waals surface area contributed by atoms with Gasteiger partial charge in [-0.15, -0.1) is 0 Å². The molecule has 0 radical (unpaired) electrons. The molecule has 0 atom stereocenters. The number of nitrogens with zero attached hydrogens (tertiary/aromatic N) is 2. The zero-order chi connectivity index (χ0) is 28.6. The largest absolute Gasteiger partial charge is 0.455 e. The van der Waals surface area contributed by atoms with Crippen LogP contribution in [0.2, 0.25) is 0 Å². The van der Waals surface area contributed by atoms with Gasteiger partial charge < -0.3 is 4.42 Å². The number of rotatable bonds is 5. The van der Waals surface area contributed by atoms with Gasteiger partial charge in [0.05, 0.1) is 11.4 Å². The summed E-state index contributed by atoms with van der Waals surface area (Å²) in [5.41, 5.74) is 10.4. The van der Waals surface area contributed by atoms with Gasteiger partial charge in [-0.2, -0.15) is 0 Å². The third-order valence-corrected chi connectivity index (χ3v) is 9.87. The van der Waals surface area contributed by atoms with Gasteiger partial charge in [-0.05, 0) is 42.9 Å². The first-order chi connectivity index (χ1) is 21.3. The van der Waals surface area contributed by atoms with E-state index in [9.17, 15) is 0 Å². The smallest absolute Gasteiger partial charge is 0.159 e. The van der Waals surface area contributed by atoms with Crippen LogP contribution >= 0.6 is 0 Å². The highest BCUT2D eigenvalue weighted by Crippen LogP contribution is 2.44. The first-order valence-corrected chi connectivity index (χ1v) is 16.3. The van der Waals surface area contributed by atoms with E-state index in [2.05, 4.69) is 84.9 Å². The van der Waals surface area contributed by atoms with Gasteiger partial charge in [0.2, 0.25) is 0 Å². The maximum absolute atomic E-state index is 6.35. The standard InChI is InChI=1S/C40H38N2O/c1-4-13-28(14-5-1)36-37(29-15-6-2-7-16-29)41-40(42-38(36)30-17-8-3-9-18-30)31-25-23-27(24-26-31)32-20-12-21-34-33-19-10-11-22-35(33)43-39(32)34/h1,4-5,10-14,19-26,29-30H,2-3,6-9,15-18H2. The van der Waals surface area contributed by atoms with Crippen molar-refractivity contribution in [3.63, 3.8) is 0 Å². The van der Waals surface area contributed by atoms with Crippen molar-refractivity contribution in [2.24, 2.45) is 0 Å². The fraction of sp³-hybridized carbons (Fsp3) is 0.300. The van der Waals surface area contributed by atoms with E-state index in [0.29, 0.717) is 11.8 Å². The van der Waals surface area contributed by atoms with Gasteiger partial charge in [-0.25, -0.2) is 9.97 Å². The molecule has 3 heteroatoms. The number of para-hydroxylation sites is 2. The Morgan fingerprint density at radius 1 is 0.488 bits per heavy atom. The zero-order valence-electron chi connectivity index (χ0n) is 24.8. The highest BCUT2D eigenvalue weighted by atomic mass is 16.3. The lowest BCUT2D eigenvalue weighted by Crippen LogP contribution is -2.16. The van der Waals surface area contributed by atoms with Crippen molar-refractivity contribution in [1.82, 2.24) is 9.97 Å². The molecule has 8 rings (SSSR count). The van der Waals surface area contributed by atoms with Crippen molar-refractivity contribution in [3.05, 3.63) is 108 Å². The van der Waals surface area contributed by atoms with Crippen molar-refractivity contribution < 1.29 is 4.42 Å². The predicted molar refractivity (Wildman–Crippen MR) is 177 cm³/mol. The molecule has 0 N–H and O–H groups in total. The lowest BCUT2D eigenvalue weighted by molar-refractivity contribution is 0.427. The Morgan fingerprint density at radius 3 is 1.74 bits per heavy atom. The average molecular weight is 563 g/mol. The van der Waals surface area contributed by atoms with Gasteiger partial charge in [0.25, 0.3) is 0 Å². The van der Waals surface area contributed by atoms with Gasteiger partial charge in [0.1, 0.15) is 11.2 Å². The molecule has 3 nitrogen and oxygen atoms in total. The van der Waals surface area contributed by atoms with Crippen molar-refractivity contribution in [3.8, 4) is 33.6 Å². The Labute approximate surface area is 254 Å².